The minimum Gasteiger partial charge on any atom is -0.436 e. The molecule has 4 nitrogen and oxygen atoms in total. The van der Waals surface area contributed by atoms with Gasteiger partial charge in [0, 0.05) is 31.8 Å². The summed E-state index contributed by atoms with van der Waals surface area (Å²) in [6.45, 7) is 0. The van der Waals surface area contributed by atoms with E-state index in [2.05, 4.69) is 102 Å². The SMILES string of the molecule is Clc1nc2oc(-c3ccccc3)c(-c3ccccc3)c2nc1-n1c2ccccc2c2c3ccccc3c3c4ccc5ccccc5c4sc3c21. The molecule has 0 aliphatic rings. The fourth-order valence-electron chi connectivity index (χ4n) is 7.81. The van der Waals surface area contributed by atoms with Crippen molar-refractivity contribution in [3.8, 4) is 28.3 Å². The van der Waals surface area contributed by atoms with Crippen LogP contribution in [0.2, 0.25) is 5.15 Å². The van der Waals surface area contributed by atoms with Gasteiger partial charge < -0.3 is 4.42 Å². The van der Waals surface area contributed by atoms with Crippen LogP contribution in [-0.2, 0) is 0 Å². The van der Waals surface area contributed by atoms with Gasteiger partial charge in [-0.3, -0.25) is 4.57 Å². The Morgan fingerprint density at radius 3 is 1.96 bits per heavy atom. The number of hydrogen-bond donors (Lipinski definition) is 0. The summed E-state index contributed by atoms with van der Waals surface area (Å²) >= 11 is 9.06. The molecule has 0 aliphatic carbocycles. The molecular formula is C44H24ClN3OS. The number of thiophene rings is 1. The number of aromatic nitrogens is 3. The zero-order chi connectivity index (χ0) is 32.9. The number of halogens is 1. The van der Waals surface area contributed by atoms with Gasteiger partial charge in [0.15, 0.2) is 11.0 Å². The van der Waals surface area contributed by atoms with Gasteiger partial charge in [0.25, 0.3) is 0 Å². The third kappa shape index (κ3) is 3.81. The fourth-order valence-corrected chi connectivity index (χ4v) is 9.41. The average molecular weight is 678 g/mol. The minimum atomic E-state index is 0.279. The van der Waals surface area contributed by atoms with E-state index in [1.807, 2.05) is 59.9 Å². The zero-order valence-corrected chi connectivity index (χ0v) is 28.0. The van der Waals surface area contributed by atoms with Gasteiger partial charge in [-0.15, -0.1) is 11.3 Å². The van der Waals surface area contributed by atoms with E-state index in [0.29, 0.717) is 22.8 Å². The van der Waals surface area contributed by atoms with Crippen molar-refractivity contribution in [2.24, 2.45) is 0 Å². The van der Waals surface area contributed by atoms with E-state index in [9.17, 15) is 0 Å². The Labute approximate surface area is 294 Å². The summed E-state index contributed by atoms with van der Waals surface area (Å²) in [5, 5.41) is 10.0. The molecule has 0 unspecified atom stereocenters. The highest BCUT2D eigenvalue weighted by Gasteiger charge is 2.27. The Morgan fingerprint density at radius 1 is 0.540 bits per heavy atom. The number of fused-ring (bicyclic) bond motifs is 13. The van der Waals surface area contributed by atoms with Gasteiger partial charge in [0.2, 0.25) is 5.71 Å². The average Bonchev–Trinajstić information content (AvgIpc) is 3.85. The van der Waals surface area contributed by atoms with Crippen molar-refractivity contribution in [2.75, 3.05) is 0 Å². The largest absolute Gasteiger partial charge is 0.436 e. The molecule has 0 N–H and O–H groups in total. The Hall–Kier alpha value is -6.01. The second kappa shape index (κ2) is 10.5. The highest BCUT2D eigenvalue weighted by Crippen LogP contribution is 2.50. The van der Waals surface area contributed by atoms with Gasteiger partial charge in [-0.25, -0.2) is 4.98 Å². The van der Waals surface area contributed by atoms with Crippen molar-refractivity contribution < 1.29 is 4.42 Å². The predicted molar refractivity (Wildman–Crippen MR) is 210 cm³/mol. The first kappa shape index (κ1) is 27.9. The maximum atomic E-state index is 7.22. The van der Waals surface area contributed by atoms with Crippen molar-refractivity contribution in [1.82, 2.24) is 14.5 Å². The lowest BCUT2D eigenvalue weighted by Gasteiger charge is -2.11. The molecule has 0 saturated carbocycles. The van der Waals surface area contributed by atoms with Crippen LogP contribution >= 0.6 is 22.9 Å². The first-order valence-electron chi connectivity index (χ1n) is 16.5. The smallest absolute Gasteiger partial charge is 0.247 e. The van der Waals surface area contributed by atoms with Crippen LogP contribution in [0.4, 0.5) is 0 Å². The molecule has 234 valence electrons. The molecule has 6 heteroatoms. The highest BCUT2D eigenvalue weighted by molar-refractivity contribution is 7.27. The van der Waals surface area contributed by atoms with E-state index in [1.165, 1.54) is 47.1 Å². The number of para-hydroxylation sites is 1. The van der Waals surface area contributed by atoms with E-state index in [1.54, 1.807) is 0 Å². The van der Waals surface area contributed by atoms with E-state index in [-0.39, 0.29) is 5.15 Å². The van der Waals surface area contributed by atoms with Crippen LogP contribution in [0.3, 0.4) is 0 Å². The molecule has 0 aliphatic heterocycles. The monoisotopic (exact) mass is 677 g/mol. The second-order valence-electron chi connectivity index (χ2n) is 12.6. The van der Waals surface area contributed by atoms with Crippen molar-refractivity contribution in [3.05, 3.63) is 151 Å². The number of hydrogen-bond acceptors (Lipinski definition) is 4. The summed E-state index contributed by atoms with van der Waals surface area (Å²) in [7, 11) is 0. The first-order valence-corrected chi connectivity index (χ1v) is 17.7. The Bertz CT molecular complexity index is 3160. The van der Waals surface area contributed by atoms with Gasteiger partial charge in [0.1, 0.15) is 11.3 Å². The summed E-state index contributed by atoms with van der Waals surface area (Å²) in [6.07, 6.45) is 0. The van der Waals surface area contributed by atoms with Crippen LogP contribution in [-0.4, -0.2) is 14.5 Å². The van der Waals surface area contributed by atoms with E-state index >= 15 is 0 Å². The van der Waals surface area contributed by atoms with E-state index < -0.39 is 0 Å². The van der Waals surface area contributed by atoms with Crippen LogP contribution in [0.25, 0.3) is 103 Å². The second-order valence-corrected chi connectivity index (χ2v) is 14.0. The third-order valence-electron chi connectivity index (χ3n) is 9.91. The van der Waals surface area contributed by atoms with Crippen molar-refractivity contribution in [1.29, 1.82) is 0 Å². The molecule has 4 heterocycles. The lowest BCUT2D eigenvalue weighted by atomic mass is 9.98. The minimum absolute atomic E-state index is 0.279. The van der Waals surface area contributed by atoms with Crippen LogP contribution in [0.5, 0.6) is 0 Å². The number of nitrogens with zero attached hydrogens (tertiary/aromatic N) is 3. The van der Waals surface area contributed by atoms with Gasteiger partial charge in [0.05, 0.1) is 21.3 Å². The summed E-state index contributed by atoms with van der Waals surface area (Å²) in [5.41, 5.74) is 6.01. The van der Waals surface area contributed by atoms with Gasteiger partial charge in [-0.1, -0.05) is 151 Å². The molecule has 4 aromatic heterocycles. The molecule has 0 amide bonds. The number of rotatable bonds is 3. The Balaban J connectivity index is 1.34. The highest BCUT2D eigenvalue weighted by atomic mass is 35.5. The first-order chi connectivity index (χ1) is 24.7. The summed E-state index contributed by atoms with van der Waals surface area (Å²) < 4.78 is 11.2. The molecule has 50 heavy (non-hydrogen) atoms. The molecule has 11 rings (SSSR count). The molecule has 0 atom stereocenters. The van der Waals surface area contributed by atoms with Crippen molar-refractivity contribution >= 4 is 97.7 Å². The maximum absolute atomic E-state index is 7.22. The Morgan fingerprint density at radius 2 is 1.18 bits per heavy atom. The molecule has 0 spiro atoms. The molecule has 7 aromatic carbocycles. The topological polar surface area (TPSA) is 43.9 Å². The number of benzene rings is 7. The number of furan rings is 1. The zero-order valence-electron chi connectivity index (χ0n) is 26.4. The molecule has 0 bridgehead atoms. The predicted octanol–water partition coefficient (Wildman–Crippen LogP) is 13.0. The van der Waals surface area contributed by atoms with Gasteiger partial charge in [-0.2, -0.15) is 4.98 Å². The molecule has 11 aromatic rings. The molecule has 0 radical (unpaired) electrons. The van der Waals surface area contributed by atoms with Crippen LogP contribution < -0.4 is 0 Å². The lowest BCUT2D eigenvalue weighted by molar-refractivity contribution is 0.618. The quantitative estimate of drug-likeness (QED) is 0.187. The van der Waals surface area contributed by atoms with Gasteiger partial charge >= 0.3 is 0 Å². The van der Waals surface area contributed by atoms with E-state index in [4.69, 9.17) is 26.0 Å². The normalized spacial score (nSPS) is 12.1. The van der Waals surface area contributed by atoms with E-state index in [0.717, 1.165) is 33.1 Å². The molecular weight excluding hydrogens is 654 g/mol. The van der Waals surface area contributed by atoms with Crippen molar-refractivity contribution in [3.63, 3.8) is 0 Å². The van der Waals surface area contributed by atoms with Crippen LogP contribution in [0.1, 0.15) is 0 Å². The van der Waals surface area contributed by atoms with Crippen molar-refractivity contribution in [2.45, 2.75) is 0 Å². The molecule has 0 fully saturated rings. The summed E-state index contributed by atoms with van der Waals surface area (Å²) in [4.78, 5) is 10.3. The van der Waals surface area contributed by atoms with Crippen LogP contribution in [0.15, 0.2) is 150 Å². The fraction of sp³-hybridized carbons (Fsp3) is 0. The van der Waals surface area contributed by atoms with Gasteiger partial charge in [-0.05, 0) is 33.2 Å². The summed E-state index contributed by atoms with van der Waals surface area (Å²) in [5.74, 6) is 1.29. The third-order valence-corrected chi connectivity index (χ3v) is 11.4. The van der Waals surface area contributed by atoms with Crippen LogP contribution in [0, 0.1) is 0 Å². The maximum Gasteiger partial charge on any atom is 0.247 e. The molecule has 0 saturated heterocycles. The standard InChI is InChI=1S/C44H24ClN3OS/c45-42-43(46-37-34(26-14-3-1-4-15-26)39(49-44(37)47-42)27-16-5-2-6-17-27)48-33-22-12-11-21-31(33)35-29-19-9-10-20-30(29)36-32-24-23-25-13-7-8-18-28(25)40(32)50-41(36)38(35)48/h1-24H. The lowest BCUT2D eigenvalue weighted by Crippen LogP contribution is -2.01. The Kier molecular flexibility index (Phi) is 5.85. The summed E-state index contributed by atoms with van der Waals surface area (Å²) in [6, 6.07) is 50.9.